The lowest BCUT2D eigenvalue weighted by Gasteiger charge is -2.30. The van der Waals surface area contributed by atoms with Crippen LogP contribution in [0.3, 0.4) is 0 Å². The smallest absolute Gasteiger partial charge is 0.339 e. The van der Waals surface area contributed by atoms with E-state index >= 15 is 0 Å². The van der Waals surface area contributed by atoms with Crippen LogP contribution in [0.25, 0.3) is 0 Å². The van der Waals surface area contributed by atoms with Gasteiger partial charge in [-0.15, -0.1) is 0 Å². The Labute approximate surface area is 115 Å². The van der Waals surface area contributed by atoms with Crippen molar-refractivity contribution in [2.75, 3.05) is 0 Å². The minimum Gasteiger partial charge on any atom is -0.339 e. The van der Waals surface area contributed by atoms with Gasteiger partial charge in [-0.1, -0.05) is 24.9 Å². The van der Waals surface area contributed by atoms with Crippen molar-refractivity contribution in [2.45, 2.75) is 63.6 Å². The summed E-state index contributed by atoms with van der Waals surface area (Å²) in [7, 11) is 0. The molecule has 1 aliphatic carbocycles. The minimum absolute atomic E-state index is 0.0924. The van der Waals surface area contributed by atoms with Gasteiger partial charge in [0.25, 0.3) is 0 Å². The molecule has 0 aromatic carbocycles. The largest absolute Gasteiger partial charge is 0.392 e. The van der Waals surface area contributed by atoms with Gasteiger partial charge in [0.1, 0.15) is 0 Å². The molecule has 1 saturated carbocycles. The Hall–Kier alpha value is -1.11. The van der Waals surface area contributed by atoms with Crippen molar-refractivity contribution < 1.29 is 17.7 Å². The summed E-state index contributed by atoms with van der Waals surface area (Å²) in [5.41, 5.74) is 5.79. The Kier molecular flexibility index (Phi) is 4.67. The fourth-order valence-corrected chi connectivity index (χ4v) is 2.70. The van der Waals surface area contributed by atoms with E-state index in [1.165, 1.54) is 0 Å². The van der Waals surface area contributed by atoms with Crippen LogP contribution in [0.5, 0.6) is 0 Å². The molecule has 0 aliphatic heterocycles. The summed E-state index contributed by atoms with van der Waals surface area (Å²) >= 11 is 0. The SMILES string of the molecule is CCC(N)Cc1noc(C2CCCCC2C(F)(F)F)n1. The third-order valence-corrected chi connectivity index (χ3v) is 3.96. The number of aromatic nitrogens is 2. The zero-order chi connectivity index (χ0) is 14.8. The molecule has 0 spiro atoms. The molecular weight excluding hydrogens is 271 g/mol. The lowest BCUT2D eigenvalue weighted by atomic mass is 9.78. The van der Waals surface area contributed by atoms with Gasteiger partial charge < -0.3 is 10.3 Å². The highest BCUT2D eigenvalue weighted by Gasteiger charge is 2.47. The van der Waals surface area contributed by atoms with Gasteiger partial charge in [0.2, 0.25) is 5.89 Å². The normalized spacial score (nSPS) is 25.6. The van der Waals surface area contributed by atoms with E-state index < -0.39 is 18.0 Å². The van der Waals surface area contributed by atoms with Crippen molar-refractivity contribution >= 4 is 0 Å². The van der Waals surface area contributed by atoms with Gasteiger partial charge in [0, 0.05) is 18.4 Å². The maximum atomic E-state index is 13.0. The zero-order valence-electron chi connectivity index (χ0n) is 11.5. The van der Waals surface area contributed by atoms with Crippen LogP contribution >= 0.6 is 0 Å². The molecule has 0 saturated heterocycles. The second kappa shape index (κ2) is 6.11. The van der Waals surface area contributed by atoms with Crippen molar-refractivity contribution in [1.29, 1.82) is 0 Å². The molecule has 7 heteroatoms. The van der Waals surface area contributed by atoms with E-state index in [0.29, 0.717) is 25.1 Å². The number of nitrogens with two attached hydrogens (primary N) is 1. The first-order valence-corrected chi connectivity index (χ1v) is 7.06. The Morgan fingerprint density at radius 1 is 1.35 bits per heavy atom. The average molecular weight is 291 g/mol. The summed E-state index contributed by atoms with van der Waals surface area (Å²) < 4.78 is 44.2. The summed E-state index contributed by atoms with van der Waals surface area (Å²) in [4.78, 5) is 4.13. The fourth-order valence-electron chi connectivity index (χ4n) is 2.70. The van der Waals surface area contributed by atoms with Crippen LogP contribution < -0.4 is 5.73 Å². The molecule has 4 nitrogen and oxygen atoms in total. The average Bonchev–Trinajstić information content (AvgIpc) is 2.86. The van der Waals surface area contributed by atoms with Gasteiger partial charge in [0.05, 0.1) is 5.92 Å². The van der Waals surface area contributed by atoms with Gasteiger partial charge in [-0.05, 0) is 19.3 Å². The molecule has 114 valence electrons. The van der Waals surface area contributed by atoms with Crippen molar-refractivity contribution in [2.24, 2.45) is 11.7 Å². The quantitative estimate of drug-likeness (QED) is 0.925. The first-order valence-electron chi connectivity index (χ1n) is 7.06. The zero-order valence-corrected chi connectivity index (χ0v) is 11.5. The highest BCUT2D eigenvalue weighted by molar-refractivity contribution is 5.01. The number of alkyl halides is 3. The molecular formula is C13H20F3N3O. The number of hydrogen-bond donors (Lipinski definition) is 1. The van der Waals surface area contributed by atoms with E-state index in [1.54, 1.807) is 0 Å². The predicted octanol–water partition coefficient (Wildman–Crippen LogP) is 3.19. The van der Waals surface area contributed by atoms with E-state index in [9.17, 15) is 13.2 Å². The number of rotatable bonds is 4. The first-order chi connectivity index (χ1) is 9.41. The van der Waals surface area contributed by atoms with E-state index in [2.05, 4.69) is 10.1 Å². The highest BCUT2D eigenvalue weighted by Crippen LogP contribution is 2.45. The maximum Gasteiger partial charge on any atom is 0.392 e. The van der Waals surface area contributed by atoms with Gasteiger partial charge in [-0.25, -0.2) is 0 Å². The highest BCUT2D eigenvalue weighted by atomic mass is 19.4. The van der Waals surface area contributed by atoms with Crippen molar-refractivity contribution in [3.8, 4) is 0 Å². The van der Waals surface area contributed by atoms with Gasteiger partial charge in [-0.3, -0.25) is 0 Å². The molecule has 0 radical (unpaired) electrons. The molecule has 1 aromatic heterocycles. The third-order valence-electron chi connectivity index (χ3n) is 3.96. The molecule has 2 N–H and O–H groups in total. The van der Waals surface area contributed by atoms with Crippen LogP contribution in [0.1, 0.15) is 56.7 Å². The molecule has 0 amide bonds. The van der Waals surface area contributed by atoms with Crippen LogP contribution in [0, 0.1) is 5.92 Å². The molecule has 3 atom stereocenters. The molecule has 3 unspecified atom stereocenters. The van der Waals surface area contributed by atoms with Crippen molar-refractivity contribution in [3.05, 3.63) is 11.7 Å². The van der Waals surface area contributed by atoms with E-state index in [4.69, 9.17) is 10.3 Å². The maximum absolute atomic E-state index is 13.0. The topological polar surface area (TPSA) is 64.9 Å². The minimum atomic E-state index is -4.21. The monoisotopic (exact) mass is 291 g/mol. The molecule has 1 aromatic rings. The second-order valence-corrected chi connectivity index (χ2v) is 5.46. The van der Waals surface area contributed by atoms with E-state index in [-0.39, 0.29) is 18.4 Å². The number of halogens is 3. The summed E-state index contributed by atoms with van der Waals surface area (Å²) in [6.07, 6.45) is -1.06. The Balaban J connectivity index is 2.12. The Morgan fingerprint density at radius 3 is 2.70 bits per heavy atom. The van der Waals surface area contributed by atoms with Gasteiger partial charge in [-0.2, -0.15) is 18.2 Å². The predicted molar refractivity (Wildman–Crippen MR) is 67.0 cm³/mol. The second-order valence-electron chi connectivity index (χ2n) is 5.46. The third kappa shape index (κ3) is 3.50. The Bertz CT molecular complexity index is 433. The molecule has 1 heterocycles. The Morgan fingerprint density at radius 2 is 2.05 bits per heavy atom. The number of nitrogens with zero attached hydrogens (tertiary/aromatic N) is 2. The van der Waals surface area contributed by atoms with E-state index in [0.717, 1.165) is 12.8 Å². The van der Waals surface area contributed by atoms with Crippen LogP contribution in [0.2, 0.25) is 0 Å². The number of hydrogen-bond acceptors (Lipinski definition) is 4. The first kappa shape index (κ1) is 15.3. The molecule has 0 bridgehead atoms. The van der Waals surface area contributed by atoms with E-state index in [1.807, 2.05) is 6.92 Å². The molecule has 2 rings (SSSR count). The molecule has 1 aliphatic rings. The van der Waals surface area contributed by atoms with Gasteiger partial charge >= 0.3 is 6.18 Å². The van der Waals surface area contributed by atoms with Crippen LogP contribution in [-0.4, -0.2) is 22.4 Å². The summed E-state index contributed by atoms with van der Waals surface area (Å²) in [6, 6.07) is -0.0924. The summed E-state index contributed by atoms with van der Waals surface area (Å²) in [5.74, 6) is -1.56. The summed E-state index contributed by atoms with van der Waals surface area (Å²) in [5, 5.41) is 3.76. The van der Waals surface area contributed by atoms with Crippen LogP contribution in [0.4, 0.5) is 13.2 Å². The van der Waals surface area contributed by atoms with Crippen LogP contribution in [-0.2, 0) is 6.42 Å². The molecule has 20 heavy (non-hydrogen) atoms. The van der Waals surface area contributed by atoms with Crippen molar-refractivity contribution in [3.63, 3.8) is 0 Å². The lowest BCUT2D eigenvalue weighted by molar-refractivity contribution is -0.189. The fraction of sp³-hybridized carbons (Fsp3) is 0.846. The lowest BCUT2D eigenvalue weighted by Crippen LogP contribution is -2.31. The van der Waals surface area contributed by atoms with Gasteiger partial charge in [0.15, 0.2) is 5.82 Å². The molecule has 1 fully saturated rings. The van der Waals surface area contributed by atoms with Crippen molar-refractivity contribution in [1.82, 2.24) is 10.1 Å². The standard InChI is InChI=1S/C13H20F3N3O/c1-2-8(17)7-11-18-12(20-19-11)9-5-3-4-6-10(9)13(14,15)16/h8-10H,2-7,17H2,1H3. The van der Waals surface area contributed by atoms with Crippen LogP contribution in [0.15, 0.2) is 4.52 Å². The summed E-state index contributed by atoms with van der Waals surface area (Å²) in [6.45, 7) is 1.94.